The zero-order valence-corrected chi connectivity index (χ0v) is 32.2. The molecule has 4 unspecified atom stereocenters. The molecule has 5 rings (SSSR count). The number of benzene rings is 1. The number of fused-ring (bicyclic) bond motifs is 1. The van der Waals surface area contributed by atoms with Gasteiger partial charge in [0.2, 0.25) is 29.4 Å². The Kier molecular flexibility index (Phi) is 11.6. The first-order chi connectivity index (χ1) is 24.8. The number of amides is 6. The Hall–Kier alpha value is -4.49. The summed E-state index contributed by atoms with van der Waals surface area (Å²) in [5, 5.41) is 10.6. The average molecular weight is 737 g/mol. The summed E-state index contributed by atoms with van der Waals surface area (Å²) < 4.78 is 5.57. The molecule has 0 radical (unpaired) electrons. The van der Waals surface area contributed by atoms with Gasteiger partial charge in [-0.05, 0) is 66.3 Å². The van der Waals surface area contributed by atoms with Gasteiger partial charge in [0.15, 0.2) is 0 Å². The van der Waals surface area contributed by atoms with Gasteiger partial charge in [-0.1, -0.05) is 77.8 Å². The first-order valence-electron chi connectivity index (χ1n) is 18.8. The van der Waals surface area contributed by atoms with E-state index in [4.69, 9.17) is 4.74 Å². The van der Waals surface area contributed by atoms with E-state index >= 15 is 0 Å². The fourth-order valence-electron chi connectivity index (χ4n) is 7.60. The standard InChI is InChI=1S/C39H56N6O8/c1-21(23-16-17-23)53-37(52)43-32(38(2,3)4)36(51)45-20-25-28(39(25,5)6)30(45)33(48)41-26(18-22-14-15-22)31(47)34(49)40-19-27(46)42-29(35(50)44(7)8)24-12-10-9-11-13-24/h9-13,21-23,25-26,28-30,32H,14-20H2,1-8H3,(H,40,49)(H,41,48)(H,42,46)(H,43,52)/t21?,25?,26?,28?,29-,30-,32+/m0/s1. The molecule has 0 bridgehead atoms. The van der Waals surface area contributed by atoms with Crippen LogP contribution in [0.25, 0.3) is 0 Å². The quantitative estimate of drug-likeness (QED) is 0.198. The van der Waals surface area contributed by atoms with Gasteiger partial charge >= 0.3 is 6.09 Å². The minimum absolute atomic E-state index is 0.0446. The second kappa shape index (κ2) is 15.5. The second-order valence-corrected chi connectivity index (χ2v) is 17.2. The number of carbonyl (C=O) groups excluding carboxylic acids is 7. The molecule has 1 heterocycles. The molecule has 14 nitrogen and oxygen atoms in total. The van der Waals surface area contributed by atoms with Gasteiger partial charge in [0, 0.05) is 20.6 Å². The number of carbonyl (C=O) groups is 7. The van der Waals surface area contributed by atoms with Crippen molar-refractivity contribution in [3.8, 4) is 0 Å². The highest BCUT2D eigenvalue weighted by molar-refractivity contribution is 6.38. The number of hydrogen-bond acceptors (Lipinski definition) is 8. The van der Waals surface area contributed by atoms with Crippen molar-refractivity contribution in [3.63, 3.8) is 0 Å². The first-order valence-corrected chi connectivity index (χ1v) is 18.8. The van der Waals surface area contributed by atoms with Crippen LogP contribution >= 0.6 is 0 Å². The predicted molar refractivity (Wildman–Crippen MR) is 195 cm³/mol. The van der Waals surface area contributed by atoms with Gasteiger partial charge in [0.25, 0.3) is 5.91 Å². The van der Waals surface area contributed by atoms with Gasteiger partial charge in [-0.25, -0.2) is 4.79 Å². The van der Waals surface area contributed by atoms with Crippen LogP contribution in [0.5, 0.6) is 0 Å². The zero-order valence-electron chi connectivity index (χ0n) is 32.2. The molecule has 3 saturated carbocycles. The highest BCUT2D eigenvalue weighted by Crippen LogP contribution is 2.65. The normalized spacial score (nSPS) is 23.6. The summed E-state index contributed by atoms with van der Waals surface area (Å²) in [6.07, 6.45) is 2.99. The number of likely N-dealkylation sites (tertiary alicyclic amines) is 1. The van der Waals surface area contributed by atoms with Gasteiger partial charge in [0.05, 0.1) is 12.6 Å². The number of ether oxygens (including phenoxy) is 1. The molecular weight excluding hydrogens is 680 g/mol. The third kappa shape index (κ3) is 9.36. The van der Waals surface area contributed by atoms with E-state index in [1.807, 2.05) is 41.5 Å². The summed E-state index contributed by atoms with van der Waals surface area (Å²) in [5.74, 6) is -3.59. The summed E-state index contributed by atoms with van der Waals surface area (Å²) in [6, 6.07) is 4.61. The lowest BCUT2D eigenvalue weighted by atomic mass is 9.85. The third-order valence-corrected chi connectivity index (χ3v) is 11.4. The van der Waals surface area contributed by atoms with Crippen molar-refractivity contribution >= 4 is 41.4 Å². The van der Waals surface area contributed by atoms with Gasteiger partial charge in [-0.3, -0.25) is 28.8 Å². The van der Waals surface area contributed by atoms with Gasteiger partial charge in [0.1, 0.15) is 24.2 Å². The lowest BCUT2D eigenvalue weighted by Crippen LogP contribution is -2.60. The Bertz CT molecular complexity index is 1600. The molecule has 0 aromatic heterocycles. The number of rotatable bonds is 15. The van der Waals surface area contributed by atoms with Gasteiger partial charge < -0.3 is 35.8 Å². The van der Waals surface area contributed by atoms with Crippen molar-refractivity contribution < 1.29 is 38.3 Å². The van der Waals surface area contributed by atoms with E-state index in [2.05, 4.69) is 21.3 Å². The molecule has 3 aliphatic carbocycles. The minimum Gasteiger partial charge on any atom is -0.446 e. The van der Waals surface area contributed by atoms with E-state index in [-0.39, 0.29) is 41.6 Å². The maximum atomic E-state index is 14.2. The van der Waals surface area contributed by atoms with Crippen LogP contribution in [0, 0.1) is 34.5 Å². The van der Waals surface area contributed by atoms with E-state index in [1.54, 1.807) is 44.4 Å². The van der Waals surface area contributed by atoms with E-state index in [0.29, 0.717) is 18.0 Å². The molecule has 14 heteroatoms. The van der Waals surface area contributed by atoms with Crippen LogP contribution in [0.2, 0.25) is 0 Å². The molecule has 4 aliphatic rings. The Morgan fingerprint density at radius 1 is 0.943 bits per heavy atom. The molecule has 290 valence electrons. The molecule has 1 saturated heterocycles. The van der Waals surface area contributed by atoms with Crippen molar-refractivity contribution in [2.24, 2.45) is 34.5 Å². The number of likely N-dealkylation sites (N-methyl/N-ethyl adjacent to an activating group) is 1. The lowest BCUT2D eigenvalue weighted by molar-refractivity contribution is -0.145. The SMILES string of the molecule is CC(OC(=O)N[C@H](C(=O)N1CC2C([C@H]1C(=O)NC(CC1CC1)C(=O)C(=O)NCC(=O)N[C@H](C(=O)N(C)C)c1ccccc1)C2(C)C)C(C)(C)C)C1CC1. The Morgan fingerprint density at radius 2 is 1.58 bits per heavy atom. The highest BCUT2D eigenvalue weighted by Gasteiger charge is 2.70. The van der Waals surface area contributed by atoms with Crippen molar-refractivity contribution in [1.82, 2.24) is 31.1 Å². The van der Waals surface area contributed by atoms with Crippen LogP contribution < -0.4 is 21.3 Å². The molecule has 1 aromatic rings. The summed E-state index contributed by atoms with van der Waals surface area (Å²) in [7, 11) is 3.13. The molecule has 1 aromatic carbocycles. The number of nitrogens with one attached hydrogen (secondary N) is 4. The molecule has 6 amide bonds. The van der Waals surface area contributed by atoms with E-state index in [0.717, 1.165) is 25.7 Å². The fraction of sp³-hybridized carbons (Fsp3) is 0.667. The van der Waals surface area contributed by atoms with Crippen LogP contribution in [0.15, 0.2) is 30.3 Å². The van der Waals surface area contributed by atoms with E-state index < -0.39 is 71.6 Å². The maximum Gasteiger partial charge on any atom is 0.408 e. The van der Waals surface area contributed by atoms with Crippen molar-refractivity contribution in [1.29, 1.82) is 0 Å². The number of hydrogen-bond donors (Lipinski definition) is 4. The average Bonchev–Trinajstić information content (AvgIpc) is 4.05. The lowest BCUT2D eigenvalue weighted by Gasteiger charge is -2.37. The molecule has 4 N–H and O–H groups in total. The van der Waals surface area contributed by atoms with E-state index in [9.17, 15) is 33.6 Å². The first kappa shape index (κ1) is 39.7. The van der Waals surface area contributed by atoms with Crippen molar-refractivity contribution in [2.45, 2.75) is 104 Å². The van der Waals surface area contributed by atoms with Crippen LogP contribution in [0.1, 0.15) is 85.3 Å². The number of nitrogens with zero attached hydrogens (tertiary/aromatic N) is 2. The van der Waals surface area contributed by atoms with Crippen molar-refractivity contribution in [2.75, 3.05) is 27.2 Å². The predicted octanol–water partition coefficient (Wildman–Crippen LogP) is 2.32. The third-order valence-electron chi connectivity index (χ3n) is 11.4. The molecule has 1 aliphatic heterocycles. The number of ketones is 1. The minimum atomic E-state index is -1.17. The molecule has 53 heavy (non-hydrogen) atoms. The van der Waals surface area contributed by atoms with Crippen LogP contribution in [0.3, 0.4) is 0 Å². The summed E-state index contributed by atoms with van der Waals surface area (Å²) in [5.41, 5.74) is -0.380. The van der Waals surface area contributed by atoms with E-state index in [1.165, 1.54) is 9.80 Å². The fourth-order valence-corrected chi connectivity index (χ4v) is 7.60. The van der Waals surface area contributed by atoms with Crippen LogP contribution in [-0.2, 0) is 33.5 Å². The number of Topliss-reactive ketones (excluding diaryl/α,β-unsaturated/α-hetero) is 1. The second-order valence-electron chi connectivity index (χ2n) is 17.2. The smallest absolute Gasteiger partial charge is 0.408 e. The van der Waals surface area contributed by atoms with Gasteiger partial charge in [-0.2, -0.15) is 0 Å². The number of alkyl carbamates (subject to hydrolysis) is 1. The number of piperidine rings is 1. The molecule has 0 spiro atoms. The topological polar surface area (TPSA) is 183 Å². The summed E-state index contributed by atoms with van der Waals surface area (Å²) in [6.45, 7) is 11.2. The molecule has 4 fully saturated rings. The van der Waals surface area contributed by atoms with Crippen molar-refractivity contribution in [3.05, 3.63) is 35.9 Å². The molecular formula is C39H56N6O8. The Morgan fingerprint density at radius 3 is 2.15 bits per heavy atom. The Balaban J connectivity index is 1.25. The van der Waals surface area contributed by atoms with Crippen LogP contribution in [-0.4, -0.2) is 103 Å². The Labute approximate surface area is 311 Å². The molecule has 7 atom stereocenters. The largest absolute Gasteiger partial charge is 0.446 e. The summed E-state index contributed by atoms with van der Waals surface area (Å²) in [4.78, 5) is 96.7. The van der Waals surface area contributed by atoms with Gasteiger partial charge in [-0.15, -0.1) is 0 Å². The highest BCUT2D eigenvalue weighted by atomic mass is 16.6. The van der Waals surface area contributed by atoms with Crippen LogP contribution in [0.4, 0.5) is 4.79 Å². The zero-order chi connectivity index (χ0) is 39.0. The summed E-state index contributed by atoms with van der Waals surface area (Å²) >= 11 is 0. The maximum absolute atomic E-state index is 14.2. The monoisotopic (exact) mass is 736 g/mol.